The topological polar surface area (TPSA) is 18.5 Å². The van der Waals surface area contributed by atoms with E-state index in [0.717, 1.165) is 38.9 Å². The van der Waals surface area contributed by atoms with E-state index in [9.17, 15) is 0 Å². The molecule has 0 aliphatic rings. The molecule has 0 bridgehead atoms. The second kappa shape index (κ2) is 12.1. The van der Waals surface area contributed by atoms with E-state index in [0.29, 0.717) is 0 Å². The van der Waals surface area contributed by atoms with Crippen LogP contribution in [0.15, 0.2) is 46.6 Å². The van der Waals surface area contributed by atoms with Gasteiger partial charge in [-0.2, -0.15) is 0 Å². The van der Waals surface area contributed by atoms with E-state index in [1.165, 1.54) is 4.90 Å². The van der Waals surface area contributed by atoms with Gasteiger partial charge in [-0.05, 0) is 36.4 Å². The summed E-state index contributed by atoms with van der Waals surface area (Å²) in [6.07, 6.45) is 4.44. The molecule has 1 aromatic carbocycles. The van der Waals surface area contributed by atoms with Crippen molar-refractivity contribution < 1.29 is 9.31 Å². The highest BCUT2D eigenvalue weighted by atomic mass is 32.2. The molecule has 0 aliphatic heterocycles. The predicted molar refractivity (Wildman–Crippen MR) is 88.9 cm³/mol. The molecule has 0 radical (unpaired) electrons. The summed E-state index contributed by atoms with van der Waals surface area (Å²) in [5.41, 5.74) is 0. The molecule has 0 saturated heterocycles. The SMILES string of the molecule is CCCCOB(/C=C\Sc1ccccc1)OCCCC. The normalized spacial score (nSPS) is 11.1. The van der Waals surface area contributed by atoms with Crippen molar-refractivity contribution in [1.82, 2.24) is 0 Å². The van der Waals surface area contributed by atoms with E-state index >= 15 is 0 Å². The van der Waals surface area contributed by atoms with Crippen LogP contribution in [0.3, 0.4) is 0 Å². The third kappa shape index (κ3) is 8.46. The molecule has 1 rings (SSSR count). The Morgan fingerprint density at radius 1 is 1.00 bits per heavy atom. The predicted octanol–water partition coefficient (Wildman–Crippen LogP) is 4.95. The van der Waals surface area contributed by atoms with Gasteiger partial charge in [0.2, 0.25) is 0 Å². The Balaban J connectivity index is 2.36. The van der Waals surface area contributed by atoms with Gasteiger partial charge in [0.25, 0.3) is 0 Å². The monoisotopic (exact) mass is 292 g/mol. The van der Waals surface area contributed by atoms with E-state index in [-0.39, 0.29) is 7.12 Å². The van der Waals surface area contributed by atoms with Crippen LogP contribution in [0.2, 0.25) is 0 Å². The fourth-order valence-corrected chi connectivity index (χ4v) is 2.21. The molecule has 20 heavy (non-hydrogen) atoms. The number of hydrogen-bond acceptors (Lipinski definition) is 3. The van der Waals surface area contributed by atoms with Crippen LogP contribution in [0.1, 0.15) is 39.5 Å². The van der Waals surface area contributed by atoms with Gasteiger partial charge in [0, 0.05) is 18.1 Å². The lowest BCUT2D eigenvalue weighted by atomic mass is 9.91. The van der Waals surface area contributed by atoms with E-state index in [2.05, 4.69) is 31.4 Å². The molecule has 0 spiro atoms. The molecular formula is C16H25BO2S. The largest absolute Gasteiger partial charge is 0.486 e. The molecule has 0 N–H and O–H groups in total. The third-order valence-electron chi connectivity index (χ3n) is 2.74. The zero-order chi connectivity index (χ0) is 14.5. The first-order valence-electron chi connectivity index (χ1n) is 7.48. The van der Waals surface area contributed by atoms with E-state index < -0.39 is 0 Å². The van der Waals surface area contributed by atoms with Crippen LogP contribution in [0.4, 0.5) is 0 Å². The molecular weight excluding hydrogens is 267 g/mol. The molecule has 0 aromatic heterocycles. The lowest BCUT2D eigenvalue weighted by molar-refractivity contribution is 0.201. The summed E-state index contributed by atoms with van der Waals surface area (Å²) in [4.78, 5) is 1.23. The lowest BCUT2D eigenvalue weighted by Crippen LogP contribution is -2.22. The average molecular weight is 292 g/mol. The Kier molecular flexibility index (Phi) is 10.5. The molecule has 0 heterocycles. The van der Waals surface area contributed by atoms with Gasteiger partial charge in [-0.25, -0.2) is 0 Å². The summed E-state index contributed by atoms with van der Waals surface area (Å²) in [5.74, 6) is 2.00. The molecule has 0 atom stereocenters. The second-order valence-corrected chi connectivity index (χ2v) is 5.56. The van der Waals surface area contributed by atoms with Crippen LogP contribution in [0.25, 0.3) is 0 Å². The van der Waals surface area contributed by atoms with E-state index in [1.54, 1.807) is 11.8 Å². The fraction of sp³-hybridized carbons (Fsp3) is 0.500. The first-order chi connectivity index (χ1) is 9.86. The van der Waals surface area contributed by atoms with Crippen molar-refractivity contribution in [2.75, 3.05) is 13.2 Å². The highest BCUT2D eigenvalue weighted by Gasteiger charge is 2.13. The number of thioether (sulfide) groups is 1. The second-order valence-electron chi connectivity index (χ2n) is 4.58. The van der Waals surface area contributed by atoms with Gasteiger partial charge < -0.3 is 9.31 Å². The van der Waals surface area contributed by atoms with Crippen molar-refractivity contribution in [2.45, 2.75) is 44.4 Å². The molecule has 2 nitrogen and oxygen atoms in total. The van der Waals surface area contributed by atoms with Gasteiger partial charge in [-0.3, -0.25) is 0 Å². The first-order valence-corrected chi connectivity index (χ1v) is 8.36. The summed E-state index contributed by atoms with van der Waals surface area (Å²) in [7, 11) is -0.218. The minimum Gasteiger partial charge on any atom is -0.408 e. The Bertz CT molecular complexity index is 347. The molecule has 110 valence electrons. The maximum Gasteiger partial charge on any atom is 0.486 e. The minimum atomic E-state index is -0.218. The van der Waals surface area contributed by atoms with Gasteiger partial charge in [-0.15, -0.1) is 0 Å². The van der Waals surface area contributed by atoms with E-state index in [1.807, 2.05) is 24.2 Å². The fourth-order valence-electron chi connectivity index (χ4n) is 1.53. The van der Waals surface area contributed by atoms with Gasteiger partial charge in [0.05, 0.1) is 0 Å². The third-order valence-corrected chi connectivity index (χ3v) is 3.58. The van der Waals surface area contributed by atoms with Gasteiger partial charge >= 0.3 is 7.12 Å². The number of rotatable bonds is 11. The van der Waals surface area contributed by atoms with Crippen LogP contribution in [-0.2, 0) is 9.31 Å². The molecule has 0 saturated carbocycles. The number of benzene rings is 1. The first kappa shape index (κ1) is 17.3. The molecule has 0 unspecified atom stereocenters. The number of hydrogen-bond donors (Lipinski definition) is 0. The van der Waals surface area contributed by atoms with Gasteiger partial charge in [0.1, 0.15) is 0 Å². The maximum atomic E-state index is 5.74. The smallest absolute Gasteiger partial charge is 0.408 e. The van der Waals surface area contributed by atoms with Crippen molar-refractivity contribution >= 4 is 18.9 Å². The zero-order valence-electron chi connectivity index (χ0n) is 12.6. The summed E-state index contributed by atoms with van der Waals surface area (Å²) in [6.45, 7) is 5.84. The molecule has 4 heteroatoms. The minimum absolute atomic E-state index is 0.218. The highest BCUT2D eigenvalue weighted by molar-refractivity contribution is 8.02. The van der Waals surface area contributed by atoms with Crippen LogP contribution in [-0.4, -0.2) is 20.3 Å². The van der Waals surface area contributed by atoms with Crippen molar-refractivity contribution in [3.63, 3.8) is 0 Å². The quantitative estimate of drug-likeness (QED) is 0.326. The Labute approximate surface area is 128 Å². The zero-order valence-corrected chi connectivity index (χ0v) is 13.4. The molecule has 1 aromatic rings. The van der Waals surface area contributed by atoms with Crippen LogP contribution in [0.5, 0.6) is 0 Å². The molecule has 0 fully saturated rings. The Morgan fingerprint density at radius 2 is 1.60 bits per heavy atom. The Hall–Kier alpha value is -0.705. The maximum absolute atomic E-state index is 5.74. The Morgan fingerprint density at radius 3 is 2.15 bits per heavy atom. The summed E-state index contributed by atoms with van der Waals surface area (Å²) in [5, 5.41) is 2.05. The van der Waals surface area contributed by atoms with E-state index in [4.69, 9.17) is 9.31 Å². The summed E-state index contributed by atoms with van der Waals surface area (Å²) >= 11 is 1.69. The molecule has 0 aliphatic carbocycles. The van der Waals surface area contributed by atoms with Crippen LogP contribution < -0.4 is 0 Å². The van der Waals surface area contributed by atoms with Crippen LogP contribution >= 0.6 is 11.8 Å². The highest BCUT2D eigenvalue weighted by Crippen LogP contribution is 2.18. The van der Waals surface area contributed by atoms with Gasteiger partial charge in [-0.1, -0.05) is 56.7 Å². The summed E-state index contributed by atoms with van der Waals surface area (Å²) in [6, 6.07) is 10.3. The van der Waals surface area contributed by atoms with Crippen molar-refractivity contribution in [1.29, 1.82) is 0 Å². The van der Waals surface area contributed by atoms with Gasteiger partial charge in [0.15, 0.2) is 0 Å². The van der Waals surface area contributed by atoms with Crippen molar-refractivity contribution in [3.8, 4) is 0 Å². The lowest BCUT2D eigenvalue weighted by Gasteiger charge is -2.11. The molecule has 0 amide bonds. The van der Waals surface area contributed by atoms with Crippen LogP contribution in [0, 0.1) is 0 Å². The van der Waals surface area contributed by atoms with Crippen molar-refractivity contribution in [2.24, 2.45) is 0 Å². The standard InChI is InChI=1S/C16H25BO2S/c1-3-5-13-18-17(19-14-6-4-2)12-15-20-16-10-8-7-9-11-16/h7-12,15H,3-6,13-14H2,1-2H3/b15-12-. The van der Waals surface area contributed by atoms with Crippen molar-refractivity contribution in [3.05, 3.63) is 41.7 Å². The summed E-state index contributed by atoms with van der Waals surface area (Å²) < 4.78 is 11.5. The number of unbranched alkanes of at least 4 members (excludes halogenated alkanes) is 2. The average Bonchev–Trinajstić information content (AvgIpc) is 2.48.